The van der Waals surface area contributed by atoms with Crippen molar-refractivity contribution in [3.8, 4) is 0 Å². The summed E-state index contributed by atoms with van der Waals surface area (Å²) in [6, 6.07) is 0. The Morgan fingerprint density at radius 3 is 1.80 bits per heavy atom. The van der Waals surface area contributed by atoms with Crippen molar-refractivity contribution in [2.45, 2.75) is 12.8 Å². The van der Waals surface area contributed by atoms with E-state index in [1.165, 1.54) is 0 Å². The average Bonchev–Trinajstić information content (AvgIpc) is 1.90. The van der Waals surface area contributed by atoms with E-state index in [4.69, 9.17) is 0 Å². The van der Waals surface area contributed by atoms with Crippen LogP contribution in [0.15, 0.2) is 10.6 Å². The Kier molecular flexibility index (Phi) is 1.93. The summed E-state index contributed by atoms with van der Waals surface area (Å²) in [6.07, 6.45) is -0.0320. The summed E-state index contributed by atoms with van der Waals surface area (Å²) >= 11 is 0. The minimum absolute atomic E-state index is 0.0160. The molecule has 6 nitrogen and oxygen atoms in total. The molecule has 0 bridgehead atoms. The summed E-state index contributed by atoms with van der Waals surface area (Å²) in [5, 5.41) is 5.59. The fraction of sp³-hybridized carbons (Fsp3) is 0.500. The summed E-state index contributed by atoms with van der Waals surface area (Å²) in [5.41, 5.74) is 0. The number of carbonyl (C=O) groups is 2. The molecule has 1 aliphatic heterocycles. The van der Waals surface area contributed by atoms with Gasteiger partial charge >= 0.3 is 11.9 Å². The van der Waals surface area contributed by atoms with Gasteiger partial charge < -0.3 is 0 Å². The van der Waals surface area contributed by atoms with Crippen molar-refractivity contribution in [3.05, 3.63) is 0 Å². The lowest BCUT2D eigenvalue weighted by Crippen LogP contribution is -2.08. The van der Waals surface area contributed by atoms with Crippen LogP contribution in [0.5, 0.6) is 0 Å². The first-order chi connectivity index (χ1) is 4.79. The quantitative estimate of drug-likeness (QED) is 0.484. The average molecular weight is 144 g/mol. The van der Waals surface area contributed by atoms with Crippen molar-refractivity contribution in [1.29, 1.82) is 0 Å². The fourth-order valence-corrected chi connectivity index (χ4v) is 0.420. The van der Waals surface area contributed by atoms with Gasteiger partial charge in [0, 0.05) is 0 Å². The number of hydrogen-bond donors (Lipinski definition) is 0. The third-order valence-corrected chi connectivity index (χ3v) is 0.852. The number of carbonyl (C=O) groups excluding carboxylic acids is 2. The normalized spacial score (nSPS) is 18.8. The van der Waals surface area contributed by atoms with Crippen LogP contribution in [0, 0.1) is 0 Å². The van der Waals surface area contributed by atoms with E-state index in [2.05, 4.69) is 20.2 Å². The lowest BCUT2D eigenvalue weighted by molar-refractivity contribution is -0.159. The number of rotatable bonds is 0. The predicted molar refractivity (Wildman–Crippen MR) is 26.3 cm³/mol. The molecule has 0 radical (unpaired) electrons. The zero-order chi connectivity index (χ0) is 7.40. The topological polar surface area (TPSA) is 77.3 Å². The van der Waals surface area contributed by atoms with E-state index in [9.17, 15) is 9.59 Å². The van der Waals surface area contributed by atoms with Crippen LogP contribution in [0.2, 0.25) is 0 Å². The van der Waals surface area contributed by atoms with Crippen LogP contribution >= 0.6 is 0 Å². The second-order valence-electron chi connectivity index (χ2n) is 1.59. The van der Waals surface area contributed by atoms with Crippen molar-refractivity contribution < 1.29 is 19.3 Å². The summed E-state index contributed by atoms with van der Waals surface area (Å²) in [7, 11) is 0. The molecule has 0 aromatic heterocycles. The summed E-state index contributed by atoms with van der Waals surface area (Å²) < 4.78 is 0. The molecule has 0 unspecified atom stereocenters. The van der Waals surface area contributed by atoms with E-state index in [1.807, 2.05) is 0 Å². The van der Waals surface area contributed by atoms with Gasteiger partial charge in [-0.3, -0.25) is 9.68 Å². The highest BCUT2D eigenvalue weighted by Crippen LogP contribution is 2.00. The maximum Gasteiger partial charge on any atom is 0.337 e. The van der Waals surface area contributed by atoms with E-state index in [-0.39, 0.29) is 12.8 Å². The highest BCUT2D eigenvalue weighted by Gasteiger charge is 2.11. The van der Waals surface area contributed by atoms with Crippen LogP contribution in [-0.2, 0) is 19.3 Å². The molecule has 0 aliphatic carbocycles. The molecule has 10 heavy (non-hydrogen) atoms. The lowest BCUT2D eigenvalue weighted by atomic mass is 10.3. The molecular formula is C4H4N2O4. The molecule has 0 aromatic rings. The summed E-state index contributed by atoms with van der Waals surface area (Å²) in [4.78, 5) is 28.9. The van der Waals surface area contributed by atoms with Gasteiger partial charge in [0.15, 0.2) is 0 Å². The molecular weight excluding hydrogens is 140 g/mol. The molecule has 1 rings (SSSR count). The molecule has 0 fully saturated rings. The molecule has 0 saturated heterocycles. The Morgan fingerprint density at radius 1 is 1.00 bits per heavy atom. The zero-order valence-corrected chi connectivity index (χ0v) is 4.94. The molecule has 0 N–H and O–H groups in total. The third-order valence-electron chi connectivity index (χ3n) is 0.852. The largest absolute Gasteiger partial charge is 0.337 e. The Balaban J connectivity index is 2.53. The molecule has 1 aliphatic rings. The van der Waals surface area contributed by atoms with Crippen molar-refractivity contribution in [2.24, 2.45) is 10.6 Å². The van der Waals surface area contributed by atoms with Gasteiger partial charge in [-0.2, -0.15) is 0 Å². The van der Waals surface area contributed by atoms with Crippen LogP contribution in [-0.4, -0.2) is 11.9 Å². The van der Waals surface area contributed by atoms with Crippen molar-refractivity contribution >= 4 is 11.9 Å². The lowest BCUT2D eigenvalue weighted by Gasteiger charge is -1.98. The SMILES string of the molecule is O=C1CCC(=O)ON=NO1. The molecule has 0 amide bonds. The third kappa shape index (κ3) is 1.81. The number of hydrogen-bond acceptors (Lipinski definition) is 6. The first-order valence-corrected chi connectivity index (χ1v) is 2.59. The monoisotopic (exact) mass is 144 g/mol. The first-order valence-electron chi connectivity index (χ1n) is 2.59. The molecule has 0 aromatic carbocycles. The van der Waals surface area contributed by atoms with E-state index < -0.39 is 11.9 Å². The molecule has 0 atom stereocenters. The Morgan fingerprint density at radius 2 is 1.40 bits per heavy atom. The van der Waals surface area contributed by atoms with Gasteiger partial charge in [0.05, 0.1) is 23.4 Å². The molecule has 0 saturated carbocycles. The van der Waals surface area contributed by atoms with Gasteiger partial charge in [0.25, 0.3) is 0 Å². The van der Waals surface area contributed by atoms with Crippen molar-refractivity contribution in [1.82, 2.24) is 0 Å². The van der Waals surface area contributed by atoms with Crippen LogP contribution in [0.3, 0.4) is 0 Å². The summed E-state index contributed by atoms with van der Waals surface area (Å²) in [6.45, 7) is 0. The maximum absolute atomic E-state index is 10.4. The predicted octanol–water partition coefficient (Wildman–Crippen LogP) is 0.149. The van der Waals surface area contributed by atoms with Crippen molar-refractivity contribution in [2.75, 3.05) is 0 Å². The second-order valence-corrected chi connectivity index (χ2v) is 1.59. The summed E-state index contributed by atoms with van der Waals surface area (Å²) in [5.74, 6) is -1.17. The Hall–Kier alpha value is -1.46. The molecule has 6 heteroatoms. The van der Waals surface area contributed by atoms with Crippen LogP contribution in [0.1, 0.15) is 12.8 Å². The fourth-order valence-electron chi connectivity index (χ4n) is 0.420. The minimum Gasteiger partial charge on any atom is -0.298 e. The van der Waals surface area contributed by atoms with Crippen LogP contribution in [0.25, 0.3) is 0 Å². The molecule has 1 heterocycles. The second kappa shape index (κ2) is 2.90. The van der Waals surface area contributed by atoms with Crippen LogP contribution < -0.4 is 0 Å². The van der Waals surface area contributed by atoms with Gasteiger partial charge in [-0.15, -0.1) is 0 Å². The van der Waals surface area contributed by atoms with E-state index in [0.717, 1.165) is 0 Å². The van der Waals surface area contributed by atoms with Gasteiger partial charge in [-0.05, 0) is 0 Å². The van der Waals surface area contributed by atoms with E-state index in [0.29, 0.717) is 0 Å². The molecule has 0 spiro atoms. The number of nitrogens with zero attached hydrogens (tertiary/aromatic N) is 2. The maximum atomic E-state index is 10.4. The van der Waals surface area contributed by atoms with Gasteiger partial charge in [-0.25, -0.2) is 9.59 Å². The Bertz CT molecular complexity index is 168. The van der Waals surface area contributed by atoms with E-state index >= 15 is 0 Å². The zero-order valence-electron chi connectivity index (χ0n) is 4.94. The smallest absolute Gasteiger partial charge is 0.298 e. The minimum atomic E-state index is -0.583. The van der Waals surface area contributed by atoms with E-state index in [1.54, 1.807) is 0 Å². The van der Waals surface area contributed by atoms with Gasteiger partial charge in [0.2, 0.25) is 0 Å². The highest BCUT2D eigenvalue weighted by atomic mass is 16.8. The first kappa shape index (κ1) is 6.66. The van der Waals surface area contributed by atoms with Crippen LogP contribution in [0.4, 0.5) is 0 Å². The van der Waals surface area contributed by atoms with Crippen molar-refractivity contribution in [3.63, 3.8) is 0 Å². The standard InChI is InChI=1S/C4H4N2O4/c7-3-1-2-4(8)10-6-5-9-3/h1-2H2. The van der Waals surface area contributed by atoms with Gasteiger partial charge in [-0.1, -0.05) is 0 Å². The highest BCUT2D eigenvalue weighted by molar-refractivity contribution is 5.77. The van der Waals surface area contributed by atoms with Gasteiger partial charge in [0.1, 0.15) is 0 Å². The molecule has 54 valence electrons. The Labute approximate surface area is 55.7 Å².